The van der Waals surface area contributed by atoms with Crippen molar-refractivity contribution in [1.29, 1.82) is 0 Å². The lowest BCUT2D eigenvalue weighted by Crippen LogP contribution is -2.28. The summed E-state index contributed by atoms with van der Waals surface area (Å²) in [5, 5.41) is 9.20. The number of nitrogens with one attached hydrogen (secondary N) is 1. The fourth-order valence-electron chi connectivity index (χ4n) is 3.99. The quantitative estimate of drug-likeness (QED) is 0.412. The summed E-state index contributed by atoms with van der Waals surface area (Å²) in [6.07, 6.45) is 0.0856. The summed E-state index contributed by atoms with van der Waals surface area (Å²) in [6, 6.07) is 14.7. The number of esters is 1. The average molecular weight is 490 g/mol. The van der Waals surface area contributed by atoms with Gasteiger partial charge in [0.05, 0.1) is 23.8 Å². The van der Waals surface area contributed by atoms with Crippen LogP contribution in [0.2, 0.25) is 0 Å². The Balaban J connectivity index is 1.27. The van der Waals surface area contributed by atoms with Crippen LogP contribution in [0.25, 0.3) is 16.2 Å². The molecule has 0 radical (unpaired) electrons. The first-order chi connectivity index (χ1) is 16.9. The molecule has 1 atom stereocenters. The van der Waals surface area contributed by atoms with Gasteiger partial charge in [0.25, 0.3) is 0 Å². The van der Waals surface area contributed by atoms with Gasteiger partial charge in [0.2, 0.25) is 22.7 Å². The van der Waals surface area contributed by atoms with E-state index >= 15 is 0 Å². The van der Waals surface area contributed by atoms with E-state index in [2.05, 4.69) is 15.4 Å². The number of benzene rings is 2. The van der Waals surface area contributed by atoms with Crippen LogP contribution in [-0.2, 0) is 14.3 Å². The number of fused-ring (bicyclic) bond motifs is 1. The number of hydrogen-bond acceptors (Lipinski definition) is 7. The van der Waals surface area contributed by atoms with Crippen LogP contribution in [0.3, 0.4) is 0 Å². The zero-order valence-corrected chi connectivity index (χ0v) is 20.0. The Hall–Kier alpha value is -4.05. The smallest absolute Gasteiger partial charge is 0.338 e. The highest BCUT2D eigenvalue weighted by molar-refractivity contribution is 7.15. The molecule has 1 fully saturated rings. The third kappa shape index (κ3) is 4.52. The summed E-state index contributed by atoms with van der Waals surface area (Å²) < 4.78 is 6.70. The summed E-state index contributed by atoms with van der Waals surface area (Å²) >= 11 is 1.44. The van der Waals surface area contributed by atoms with Gasteiger partial charge in [-0.1, -0.05) is 29.8 Å². The lowest BCUT2D eigenvalue weighted by atomic mass is 10.1. The monoisotopic (exact) mass is 489 g/mol. The normalized spacial score (nSPS) is 15.5. The molecule has 9 nitrogen and oxygen atoms in total. The van der Waals surface area contributed by atoms with Crippen LogP contribution in [0.4, 0.5) is 11.6 Å². The van der Waals surface area contributed by atoms with Crippen molar-refractivity contribution in [3.63, 3.8) is 0 Å². The summed E-state index contributed by atoms with van der Waals surface area (Å²) in [5.74, 6) is -1.21. The second kappa shape index (κ2) is 9.30. The van der Waals surface area contributed by atoms with E-state index in [-0.39, 0.29) is 30.7 Å². The Labute approximate surface area is 205 Å². The number of anilines is 2. The second-order valence-electron chi connectivity index (χ2n) is 8.28. The zero-order chi connectivity index (χ0) is 24.5. The van der Waals surface area contributed by atoms with Gasteiger partial charge < -0.3 is 9.64 Å². The Bertz CT molecular complexity index is 1410. The standard InChI is InChI=1S/C25H23N5O4S/c1-3-34-23(33)17-8-10-19(11-9-17)29-13-18(12-21(29)31)22(32)26-24-27-25-30(28-24)20(14-35-25)16-6-4-15(2)5-7-16/h4-11,14,18H,3,12-13H2,1-2H3,(H,26,28,32). The molecule has 10 heteroatoms. The molecule has 35 heavy (non-hydrogen) atoms. The van der Waals surface area contributed by atoms with Crippen LogP contribution in [0.5, 0.6) is 0 Å². The lowest BCUT2D eigenvalue weighted by molar-refractivity contribution is -0.122. The molecule has 1 N–H and O–H groups in total. The molecular weight excluding hydrogens is 466 g/mol. The van der Waals surface area contributed by atoms with Gasteiger partial charge in [-0.3, -0.25) is 14.9 Å². The third-order valence-corrected chi connectivity index (χ3v) is 6.67. The fourth-order valence-corrected chi connectivity index (χ4v) is 4.83. The van der Waals surface area contributed by atoms with Crippen LogP contribution >= 0.6 is 11.3 Å². The van der Waals surface area contributed by atoms with Crippen molar-refractivity contribution < 1.29 is 19.1 Å². The van der Waals surface area contributed by atoms with Crippen molar-refractivity contribution in [2.45, 2.75) is 20.3 Å². The van der Waals surface area contributed by atoms with Crippen molar-refractivity contribution in [1.82, 2.24) is 14.6 Å². The minimum Gasteiger partial charge on any atom is -0.462 e. The van der Waals surface area contributed by atoms with E-state index in [0.717, 1.165) is 11.3 Å². The van der Waals surface area contributed by atoms with E-state index in [1.54, 1.807) is 40.6 Å². The van der Waals surface area contributed by atoms with Crippen molar-refractivity contribution in [2.24, 2.45) is 5.92 Å². The van der Waals surface area contributed by atoms with Gasteiger partial charge in [-0.15, -0.1) is 16.4 Å². The minimum atomic E-state index is -0.537. The summed E-state index contributed by atoms with van der Waals surface area (Å²) in [7, 11) is 0. The van der Waals surface area contributed by atoms with Crippen LogP contribution in [-0.4, -0.2) is 45.5 Å². The van der Waals surface area contributed by atoms with E-state index in [4.69, 9.17) is 4.74 Å². The lowest BCUT2D eigenvalue weighted by Gasteiger charge is -2.16. The molecule has 1 unspecified atom stereocenters. The molecule has 2 aromatic heterocycles. The van der Waals surface area contributed by atoms with E-state index in [0.29, 0.717) is 22.8 Å². The molecule has 0 bridgehead atoms. The van der Waals surface area contributed by atoms with E-state index in [1.807, 2.05) is 36.6 Å². The molecule has 2 amide bonds. The van der Waals surface area contributed by atoms with Gasteiger partial charge in [-0.2, -0.15) is 4.98 Å². The molecule has 178 valence electrons. The van der Waals surface area contributed by atoms with Crippen molar-refractivity contribution >= 4 is 45.7 Å². The second-order valence-corrected chi connectivity index (χ2v) is 9.12. The predicted octanol–water partition coefficient (Wildman–Crippen LogP) is 3.93. The molecule has 0 aliphatic carbocycles. The number of aryl methyl sites for hydroxylation is 1. The highest BCUT2D eigenvalue weighted by Gasteiger charge is 2.35. The maximum atomic E-state index is 12.9. The van der Waals surface area contributed by atoms with Crippen LogP contribution in [0.15, 0.2) is 53.9 Å². The number of carbonyl (C=O) groups is 3. The van der Waals surface area contributed by atoms with Gasteiger partial charge in [0, 0.05) is 29.6 Å². The average Bonchev–Trinajstić information content (AvgIpc) is 3.54. The molecule has 2 aromatic carbocycles. The van der Waals surface area contributed by atoms with Gasteiger partial charge in [-0.05, 0) is 38.1 Å². The first-order valence-electron chi connectivity index (χ1n) is 11.2. The largest absolute Gasteiger partial charge is 0.462 e. The number of thiazole rings is 1. The maximum Gasteiger partial charge on any atom is 0.338 e. The first kappa shape index (κ1) is 22.7. The Morgan fingerprint density at radius 1 is 1.14 bits per heavy atom. The molecule has 5 rings (SSSR count). The summed E-state index contributed by atoms with van der Waals surface area (Å²) in [5.41, 5.74) is 4.11. The number of nitrogens with zero attached hydrogens (tertiary/aromatic N) is 4. The number of ether oxygens (including phenoxy) is 1. The van der Waals surface area contributed by atoms with E-state index < -0.39 is 11.9 Å². The van der Waals surface area contributed by atoms with Crippen LogP contribution in [0.1, 0.15) is 29.3 Å². The van der Waals surface area contributed by atoms with Crippen molar-refractivity contribution in [3.05, 3.63) is 65.0 Å². The van der Waals surface area contributed by atoms with E-state index in [9.17, 15) is 14.4 Å². The Morgan fingerprint density at radius 3 is 2.60 bits per heavy atom. The first-order valence-corrected chi connectivity index (χ1v) is 12.1. The third-order valence-electron chi connectivity index (χ3n) is 5.85. The van der Waals surface area contributed by atoms with Gasteiger partial charge in [-0.25, -0.2) is 9.31 Å². The number of hydrogen-bond donors (Lipinski definition) is 1. The number of amides is 2. The molecule has 4 aromatic rings. The van der Waals surface area contributed by atoms with Crippen LogP contribution in [0, 0.1) is 12.8 Å². The Kier molecular flexibility index (Phi) is 6.04. The van der Waals surface area contributed by atoms with Crippen molar-refractivity contribution in [2.75, 3.05) is 23.4 Å². The molecule has 0 saturated carbocycles. The SMILES string of the molecule is CCOC(=O)c1ccc(N2CC(C(=O)Nc3nc4scc(-c5ccc(C)cc5)n4n3)CC2=O)cc1. The topological polar surface area (TPSA) is 106 Å². The van der Waals surface area contributed by atoms with Gasteiger partial charge in [0.15, 0.2) is 0 Å². The minimum absolute atomic E-state index is 0.0856. The highest BCUT2D eigenvalue weighted by Crippen LogP contribution is 2.28. The maximum absolute atomic E-state index is 12.9. The van der Waals surface area contributed by atoms with Crippen molar-refractivity contribution in [3.8, 4) is 11.3 Å². The molecule has 0 spiro atoms. The molecule has 1 saturated heterocycles. The fraction of sp³-hybridized carbons (Fsp3) is 0.240. The molecule has 3 heterocycles. The number of carbonyl (C=O) groups excluding carboxylic acids is 3. The van der Waals surface area contributed by atoms with Gasteiger partial charge in [0.1, 0.15) is 0 Å². The highest BCUT2D eigenvalue weighted by atomic mass is 32.1. The predicted molar refractivity (Wildman–Crippen MR) is 133 cm³/mol. The van der Waals surface area contributed by atoms with Crippen LogP contribution < -0.4 is 10.2 Å². The number of rotatable bonds is 6. The zero-order valence-electron chi connectivity index (χ0n) is 19.2. The summed E-state index contributed by atoms with van der Waals surface area (Å²) in [6.45, 7) is 4.30. The molecule has 1 aliphatic rings. The molecular formula is C25H23N5O4S. The van der Waals surface area contributed by atoms with E-state index in [1.165, 1.54) is 16.9 Å². The van der Waals surface area contributed by atoms with Gasteiger partial charge >= 0.3 is 5.97 Å². The summed E-state index contributed by atoms with van der Waals surface area (Å²) in [4.78, 5) is 44.0. The number of aromatic nitrogens is 3. The molecule has 1 aliphatic heterocycles. The Morgan fingerprint density at radius 2 is 1.89 bits per heavy atom.